The maximum Gasteiger partial charge on any atom is 0.306 e. The first kappa shape index (κ1) is 52.1. The van der Waals surface area contributed by atoms with E-state index in [1.165, 1.54) is 49.7 Å². The largest absolute Gasteiger partial charge is 0.756 e. The second-order valence-electron chi connectivity index (χ2n) is 17.4. The summed E-state index contributed by atoms with van der Waals surface area (Å²) in [5.41, 5.74) is 2.60. The Labute approximate surface area is 352 Å². The quantitative estimate of drug-likeness (QED) is 0.0159. The molecule has 0 bridgehead atoms. The summed E-state index contributed by atoms with van der Waals surface area (Å²) in [6, 6.07) is 0. The Kier molecular flexibility index (Phi) is 27.0. The van der Waals surface area contributed by atoms with Crippen molar-refractivity contribution in [3.63, 3.8) is 0 Å². The van der Waals surface area contributed by atoms with Crippen molar-refractivity contribution in [2.45, 2.75) is 200 Å². The van der Waals surface area contributed by atoms with Gasteiger partial charge in [-0.3, -0.25) is 14.2 Å². The van der Waals surface area contributed by atoms with Crippen LogP contribution in [-0.2, 0) is 50.3 Å². The summed E-state index contributed by atoms with van der Waals surface area (Å²) in [5, 5.41) is 0. The summed E-state index contributed by atoms with van der Waals surface area (Å²) in [6.07, 6.45) is 28.0. The molecule has 4 atom stereocenters. The van der Waals surface area contributed by atoms with Crippen LogP contribution in [-0.4, -0.2) is 82.2 Å². The first-order valence-electron chi connectivity index (χ1n) is 22.9. The molecule has 0 aromatic carbocycles. The van der Waals surface area contributed by atoms with Crippen LogP contribution < -0.4 is 4.89 Å². The van der Waals surface area contributed by atoms with E-state index in [1.807, 2.05) is 21.1 Å². The number of esters is 2. The highest BCUT2D eigenvalue weighted by Gasteiger charge is 2.36. The standard InChI is InChI=1S/C46H82NO10P/c1-8-10-12-13-17-24-30-43-44(57-43)31-25-19-16-21-26-32-45(48)52-36-40(37-54-58(50,51)53-35-34-47(5,6)7)55-46(49)33-27-20-15-14-18-23-29-42-39(4)38(3)41(56-42)28-22-11-9-2/h17,24,40,43-44H,8-16,18-23,25-37H2,1-7H3/b24-17-/t40-,43?,44?/m1/s1. The molecule has 2 rings (SSSR count). The predicted octanol–water partition coefficient (Wildman–Crippen LogP) is 10.6. The lowest BCUT2D eigenvalue weighted by Crippen LogP contribution is -2.37. The van der Waals surface area contributed by atoms with Crippen molar-refractivity contribution in [1.82, 2.24) is 0 Å². The van der Waals surface area contributed by atoms with Gasteiger partial charge in [0.2, 0.25) is 0 Å². The van der Waals surface area contributed by atoms with E-state index in [9.17, 15) is 19.0 Å². The number of carbonyl (C=O) groups is 2. The molecule has 1 aliphatic rings. The lowest BCUT2D eigenvalue weighted by atomic mass is 10.0. The number of unbranched alkanes of at least 4 members (excludes halogenated alkanes) is 14. The highest BCUT2D eigenvalue weighted by Crippen LogP contribution is 2.38. The number of phosphoric acid groups is 1. The van der Waals surface area contributed by atoms with Crippen LogP contribution in [0, 0.1) is 13.8 Å². The minimum atomic E-state index is -4.65. The Morgan fingerprint density at radius 3 is 1.93 bits per heavy atom. The lowest BCUT2D eigenvalue weighted by Gasteiger charge is -2.28. The first-order chi connectivity index (χ1) is 27.7. The number of rotatable bonds is 37. The number of hydrogen-bond acceptors (Lipinski definition) is 10. The minimum Gasteiger partial charge on any atom is -0.756 e. The van der Waals surface area contributed by atoms with E-state index < -0.39 is 32.5 Å². The van der Waals surface area contributed by atoms with Crippen molar-refractivity contribution in [2.24, 2.45) is 0 Å². The number of nitrogens with zero attached hydrogens (tertiary/aromatic N) is 1. The number of allylic oxidation sites excluding steroid dienone is 1. The maximum atomic E-state index is 12.8. The molecule has 0 spiro atoms. The molecule has 0 N–H and O–H groups in total. The van der Waals surface area contributed by atoms with Crippen LogP contribution in [0.2, 0.25) is 0 Å². The molecule has 58 heavy (non-hydrogen) atoms. The van der Waals surface area contributed by atoms with Gasteiger partial charge in [0.05, 0.1) is 40.0 Å². The Bertz CT molecular complexity index is 1340. The molecule has 1 aromatic heterocycles. The Morgan fingerprint density at radius 1 is 0.724 bits per heavy atom. The molecule has 336 valence electrons. The molecule has 2 heterocycles. The SMILES string of the molecule is CCCCC/C=C\CC1OC1CCCCCCCC(=O)OC[C@H](COP(=O)([O-])OCC[N+](C)(C)C)OC(=O)CCCCCCCCc1oc(CCCCC)c(C)c1C. The van der Waals surface area contributed by atoms with Gasteiger partial charge < -0.3 is 37.1 Å². The van der Waals surface area contributed by atoms with E-state index in [4.69, 9.17) is 27.7 Å². The van der Waals surface area contributed by atoms with Crippen molar-refractivity contribution in [3.8, 4) is 0 Å². The molecular weight excluding hydrogens is 757 g/mol. The van der Waals surface area contributed by atoms with Gasteiger partial charge in [-0.05, 0) is 76.3 Å². The number of hydrogen-bond donors (Lipinski definition) is 0. The van der Waals surface area contributed by atoms with Crippen LogP contribution in [0.3, 0.4) is 0 Å². The maximum absolute atomic E-state index is 12.8. The van der Waals surface area contributed by atoms with Crippen molar-refractivity contribution in [1.29, 1.82) is 0 Å². The molecule has 1 aromatic rings. The number of carbonyl (C=O) groups excluding carboxylic acids is 2. The van der Waals surface area contributed by atoms with E-state index in [0.717, 1.165) is 101 Å². The number of ether oxygens (including phenoxy) is 3. The summed E-state index contributed by atoms with van der Waals surface area (Å²) >= 11 is 0. The van der Waals surface area contributed by atoms with Gasteiger partial charge in [0.15, 0.2) is 6.10 Å². The summed E-state index contributed by atoms with van der Waals surface area (Å²) < 4.78 is 46.0. The lowest BCUT2D eigenvalue weighted by molar-refractivity contribution is -0.870. The zero-order chi connectivity index (χ0) is 42.7. The van der Waals surface area contributed by atoms with Gasteiger partial charge in [0, 0.05) is 25.7 Å². The molecule has 1 saturated heterocycles. The van der Waals surface area contributed by atoms with Crippen LogP contribution in [0.15, 0.2) is 16.6 Å². The van der Waals surface area contributed by atoms with Crippen LogP contribution in [0.25, 0.3) is 0 Å². The molecular formula is C46H82NO10P. The molecule has 0 amide bonds. The minimum absolute atomic E-state index is 0.0440. The van der Waals surface area contributed by atoms with Crippen molar-refractivity contribution >= 4 is 19.8 Å². The third kappa shape index (κ3) is 25.6. The second kappa shape index (κ2) is 30.1. The molecule has 1 fully saturated rings. The number of likely N-dealkylation sites (N-methyl/N-ethyl adjacent to an activating group) is 1. The fraction of sp³-hybridized carbons (Fsp3) is 0.826. The van der Waals surface area contributed by atoms with E-state index in [-0.39, 0.29) is 26.1 Å². The zero-order valence-corrected chi connectivity index (χ0v) is 38.6. The van der Waals surface area contributed by atoms with Crippen molar-refractivity contribution in [3.05, 3.63) is 34.8 Å². The molecule has 0 aliphatic carbocycles. The normalized spacial score (nSPS) is 17.1. The van der Waals surface area contributed by atoms with Gasteiger partial charge >= 0.3 is 11.9 Å². The van der Waals surface area contributed by atoms with E-state index in [2.05, 4.69) is 39.8 Å². The highest BCUT2D eigenvalue weighted by atomic mass is 31.2. The Morgan fingerprint density at radius 2 is 1.29 bits per heavy atom. The third-order valence-corrected chi connectivity index (χ3v) is 11.9. The first-order valence-corrected chi connectivity index (χ1v) is 24.3. The molecule has 0 saturated carbocycles. The van der Waals surface area contributed by atoms with E-state index >= 15 is 0 Å². The van der Waals surface area contributed by atoms with Crippen molar-refractivity contribution in [2.75, 3.05) is 47.5 Å². The molecule has 1 aliphatic heterocycles. The number of epoxide rings is 1. The van der Waals surface area contributed by atoms with Gasteiger partial charge in [0.1, 0.15) is 31.3 Å². The van der Waals surface area contributed by atoms with Crippen LogP contribution in [0.4, 0.5) is 0 Å². The molecule has 0 radical (unpaired) electrons. The van der Waals surface area contributed by atoms with Gasteiger partial charge in [-0.2, -0.15) is 0 Å². The Hall–Kier alpha value is -2.01. The number of quaternary nitrogens is 1. The van der Waals surface area contributed by atoms with Gasteiger partial charge in [0.25, 0.3) is 7.82 Å². The highest BCUT2D eigenvalue weighted by molar-refractivity contribution is 7.45. The van der Waals surface area contributed by atoms with Gasteiger partial charge in [-0.15, -0.1) is 0 Å². The van der Waals surface area contributed by atoms with Crippen LogP contribution in [0.1, 0.15) is 178 Å². The van der Waals surface area contributed by atoms with Gasteiger partial charge in [-0.25, -0.2) is 0 Å². The van der Waals surface area contributed by atoms with E-state index in [1.54, 1.807) is 0 Å². The molecule has 11 nitrogen and oxygen atoms in total. The summed E-state index contributed by atoms with van der Waals surface area (Å²) in [5.74, 6) is 1.38. The predicted molar refractivity (Wildman–Crippen MR) is 230 cm³/mol. The molecule has 12 heteroatoms. The average Bonchev–Trinajstić information content (AvgIpc) is 3.87. The topological polar surface area (TPSA) is 137 Å². The van der Waals surface area contributed by atoms with Crippen LogP contribution in [0.5, 0.6) is 0 Å². The average molecular weight is 840 g/mol. The summed E-state index contributed by atoms with van der Waals surface area (Å²) in [6.45, 7) is 8.42. The molecule has 3 unspecified atom stereocenters. The van der Waals surface area contributed by atoms with Gasteiger partial charge in [-0.1, -0.05) is 103 Å². The van der Waals surface area contributed by atoms with Crippen LogP contribution >= 0.6 is 7.82 Å². The fourth-order valence-corrected chi connectivity index (χ4v) is 7.63. The third-order valence-electron chi connectivity index (χ3n) is 10.9. The number of phosphoric ester groups is 1. The van der Waals surface area contributed by atoms with Crippen molar-refractivity contribution < 1.29 is 51.2 Å². The summed E-state index contributed by atoms with van der Waals surface area (Å²) in [7, 11) is 1.12. The second-order valence-corrected chi connectivity index (χ2v) is 18.8. The summed E-state index contributed by atoms with van der Waals surface area (Å²) in [4.78, 5) is 37.8. The fourth-order valence-electron chi connectivity index (χ4n) is 6.90. The number of aryl methyl sites for hydroxylation is 2. The zero-order valence-electron chi connectivity index (χ0n) is 37.7. The smallest absolute Gasteiger partial charge is 0.306 e. The van der Waals surface area contributed by atoms with E-state index in [0.29, 0.717) is 36.1 Å². The Balaban J connectivity index is 1.65. The number of furan rings is 1. The monoisotopic (exact) mass is 840 g/mol.